The van der Waals surface area contributed by atoms with Gasteiger partial charge in [0, 0.05) is 30.9 Å². The zero-order valence-corrected chi connectivity index (χ0v) is 13.1. The fourth-order valence-electron chi connectivity index (χ4n) is 2.67. The molecule has 0 spiro atoms. The quantitative estimate of drug-likeness (QED) is 0.920. The van der Waals surface area contributed by atoms with Crippen LogP contribution in [0.1, 0.15) is 27.7 Å². The number of nitrogens with one attached hydrogen (secondary N) is 1. The molecular weight excluding hydrogens is 312 g/mol. The zero-order valence-electron chi connectivity index (χ0n) is 12.4. The fourth-order valence-corrected chi connectivity index (χ4v) is 2.94. The lowest BCUT2D eigenvalue weighted by Crippen LogP contribution is -2.48. The lowest BCUT2D eigenvalue weighted by molar-refractivity contribution is 0.0702. The molecule has 23 heavy (non-hydrogen) atoms. The summed E-state index contributed by atoms with van der Waals surface area (Å²) >= 11 is 6.25. The molecule has 0 saturated carbocycles. The first-order chi connectivity index (χ1) is 11.2. The molecule has 2 aromatic rings. The number of pyridine rings is 1. The summed E-state index contributed by atoms with van der Waals surface area (Å²) in [5.74, 6) is -0.0828. The minimum atomic E-state index is -0.0828. The van der Waals surface area contributed by atoms with Gasteiger partial charge in [0.05, 0.1) is 11.6 Å². The van der Waals surface area contributed by atoms with Crippen LogP contribution in [0.25, 0.3) is 0 Å². The molecule has 1 amide bonds. The Bertz CT molecular complexity index is 754. The number of piperazine rings is 1. The lowest BCUT2D eigenvalue weighted by atomic mass is 10.0. The minimum absolute atomic E-state index is 0.00717. The van der Waals surface area contributed by atoms with Crippen LogP contribution < -0.4 is 5.32 Å². The lowest BCUT2D eigenvalue weighted by Gasteiger charge is -2.34. The minimum Gasteiger partial charge on any atom is -0.335 e. The molecule has 5 nitrogen and oxygen atoms in total. The van der Waals surface area contributed by atoms with Gasteiger partial charge < -0.3 is 10.2 Å². The Hall–Kier alpha value is -2.42. The topological polar surface area (TPSA) is 69.0 Å². The molecule has 1 N–H and O–H groups in total. The van der Waals surface area contributed by atoms with Crippen LogP contribution in [0, 0.1) is 11.3 Å². The molecule has 1 aromatic heterocycles. The van der Waals surface area contributed by atoms with Gasteiger partial charge >= 0.3 is 0 Å². The predicted octanol–water partition coefficient (Wildman–Crippen LogP) is 2.39. The van der Waals surface area contributed by atoms with Gasteiger partial charge in [-0.1, -0.05) is 29.8 Å². The molecule has 1 fully saturated rings. The fraction of sp³-hybridized carbons (Fsp3) is 0.235. The second-order valence-electron chi connectivity index (χ2n) is 5.32. The summed E-state index contributed by atoms with van der Waals surface area (Å²) in [6, 6.07) is 12.8. The maximum Gasteiger partial charge on any atom is 0.255 e. The first kappa shape index (κ1) is 15.5. The van der Waals surface area contributed by atoms with Crippen molar-refractivity contribution in [1.29, 1.82) is 5.26 Å². The van der Waals surface area contributed by atoms with Crippen LogP contribution in [-0.2, 0) is 0 Å². The van der Waals surface area contributed by atoms with E-state index in [9.17, 15) is 4.79 Å². The van der Waals surface area contributed by atoms with Gasteiger partial charge in [0.25, 0.3) is 5.91 Å². The van der Waals surface area contributed by atoms with Crippen LogP contribution >= 0.6 is 11.6 Å². The molecule has 1 saturated heterocycles. The van der Waals surface area contributed by atoms with Crippen molar-refractivity contribution in [2.24, 2.45) is 0 Å². The Balaban J connectivity index is 1.76. The van der Waals surface area contributed by atoms with E-state index < -0.39 is 0 Å². The highest BCUT2D eigenvalue weighted by Crippen LogP contribution is 2.25. The number of carbonyl (C=O) groups excluding carboxylic acids is 1. The Morgan fingerprint density at radius 2 is 2.17 bits per heavy atom. The van der Waals surface area contributed by atoms with Crippen LogP contribution in [0.5, 0.6) is 0 Å². The number of aromatic nitrogens is 1. The first-order valence-corrected chi connectivity index (χ1v) is 7.70. The van der Waals surface area contributed by atoms with Crippen molar-refractivity contribution >= 4 is 17.5 Å². The van der Waals surface area contributed by atoms with Crippen molar-refractivity contribution in [3.8, 4) is 6.07 Å². The van der Waals surface area contributed by atoms with E-state index in [-0.39, 0.29) is 11.9 Å². The van der Waals surface area contributed by atoms with Gasteiger partial charge in [0.15, 0.2) is 0 Å². The number of hydrogen-bond acceptors (Lipinski definition) is 4. The molecule has 1 aromatic carbocycles. The van der Waals surface area contributed by atoms with Crippen molar-refractivity contribution in [3.05, 3.63) is 64.4 Å². The number of benzene rings is 1. The van der Waals surface area contributed by atoms with Crippen molar-refractivity contribution < 1.29 is 4.79 Å². The average molecular weight is 327 g/mol. The van der Waals surface area contributed by atoms with Gasteiger partial charge in [-0.15, -0.1) is 0 Å². The summed E-state index contributed by atoms with van der Waals surface area (Å²) in [7, 11) is 0. The molecule has 1 atom stereocenters. The number of amides is 1. The second kappa shape index (κ2) is 6.78. The van der Waals surface area contributed by atoms with Crippen molar-refractivity contribution in [1.82, 2.24) is 15.2 Å². The summed E-state index contributed by atoms with van der Waals surface area (Å²) in [6.07, 6.45) is 1.45. The third-order valence-corrected chi connectivity index (χ3v) is 4.21. The largest absolute Gasteiger partial charge is 0.335 e. The highest BCUT2D eigenvalue weighted by molar-refractivity contribution is 6.31. The normalized spacial score (nSPS) is 17.6. The molecule has 0 aliphatic carbocycles. The number of nitriles is 1. The number of rotatable bonds is 2. The van der Waals surface area contributed by atoms with Crippen LogP contribution in [0.15, 0.2) is 42.6 Å². The Kier molecular flexibility index (Phi) is 4.56. The van der Waals surface area contributed by atoms with E-state index in [1.54, 1.807) is 17.0 Å². The van der Waals surface area contributed by atoms with Crippen molar-refractivity contribution in [2.45, 2.75) is 6.04 Å². The summed E-state index contributed by atoms with van der Waals surface area (Å²) < 4.78 is 0. The Morgan fingerprint density at radius 3 is 2.87 bits per heavy atom. The van der Waals surface area contributed by atoms with E-state index in [2.05, 4.69) is 10.3 Å². The molecule has 1 aliphatic heterocycles. The maximum atomic E-state index is 12.6. The zero-order chi connectivity index (χ0) is 16.2. The van der Waals surface area contributed by atoms with Gasteiger partial charge in [0.1, 0.15) is 11.8 Å². The molecule has 3 rings (SSSR count). The average Bonchev–Trinajstić information content (AvgIpc) is 2.62. The number of carbonyl (C=O) groups is 1. The van der Waals surface area contributed by atoms with Crippen LogP contribution in [-0.4, -0.2) is 35.4 Å². The predicted molar refractivity (Wildman–Crippen MR) is 87.1 cm³/mol. The smallest absolute Gasteiger partial charge is 0.255 e. The summed E-state index contributed by atoms with van der Waals surface area (Å²) in [5, 5.41) is 12.9. The van der Waals surface area contributed by atoms with E-state index in [0.29, 0.717) is 35.9 Å². The third kappa shape index (κ3) is 3.34. The van der Waals surface area contributed by atoms with Crippen LogP contribution in [0.3, 0.4) is 0 Å². The molecule has 0 radical (unpaired) electrons. The highest BCUT2D eigenvalue weighted by Gasteiger charge is 2.26. The molecule has 2 heterocycles. The Labute approximate surface area is 139 Å². The summed E-state index contributed by atoms with van der Waals surface area (Å²) in [4.78, 5) is 18.3. The standard InChI is InChI=1S/C17H15ClN4O/c18-15-4-2-1-3-14(15)16-11-22(8-7-20-16)17(23)12-5-6-13(9-19)21-10-12/h1-6,10,16,20H,7-8,11H2. The highest BCUT2D eigenvalue weighted by atomic mass is 35.5. The Morgan fingerprint density at radius 1 is 1.35 bits per heavy atom. The van der Waals surface area contributed by atoms with E-state index in [1.165, 1.54) is 6.20 Å². The monoisotopic (exact) mass is 326 g/mol. The van der Waals surface area contributed by atoms with Crippen LogP contribution in [0.4, 0.5) is 0 Å². The summed E-state index contributed by atoms with van der Waals surface area (Å²) in [6.45, 7) is 1.87. The van der Waals surface area contributed by atoms with Gasteiger partial charge in [-0.05, 0) is 23.8 Å². The molecule has 6 heteroatoms. The van der Waals surface area contributed by atoms with Gasteiger partial charge in [-0.25, -0.2) is 4.98 Å². The number of nitrogens with zero attached hydrogens (tertiary/aromatic N) is 3. The van der Waals surface area contributed by atoms with E-state index in [0.717, 1.165) is 5.56 Å². The van der Waals surface area contributed by atoms with E-state index in [1.807, 2.05) is 30.3 Å². The van der Waals surface area contributed by atoms with Gasteiger partial charge in [-0.2, -0.15) is 5.26 Å². The van der Waals surface area contributed by atoms with Crippen molar-refractivity contribution in [2.75, 3.05) is 19.6 Å². The van der Waals surface area contributed by atoms with E-state index >= 15 is 0 Å². The van der Waals surface area contributed by atoms with E-state index in [4.69, 9.17) is 16.9 Å². The number of hydrogen-bond donors (Lipinski definition) is 1. The number of halogens is 1. The van der Waals surface area contributed by atoms with Gasteiger partial charge in [0.2, 0.25) is 0 Å². The molecule has 116 valence electrons. The molecule has 1 unspecified atom stereocenters. The molecule has 0 bridgehead atoms. The maximum absolute atomic E-state index is 12.6. The molecule has 1 aliphatic rings. The first-order valence-electron chi connectivity index (χ1n) is 7.32. The third-order valence-electron chi connectivity index (χ3n) is 3.87. The molecular formula is C17H15ClN4O. The van der Waals surface area contributed by atoms with Crippen molar-refractivity contribution in [3.63, 3.8) is 0 Å². The van der Waals surface area contributed by atoms with Gasteiger partial charge in [-0.3, -0.25) is 4.79 Å². The SMILES string of the molecule is N#Cc1ccc(C(=O)N2CCNC(c3ccccc3Cl)C2)cn1. The van der Waals surface area contributed by atoms with Crippen LogP contribution in [0.2, 0.25) is 5.02 Å². The second-order valence-corrected chi connectivity index (χ2v) is 5.73. The summed E-state index contributed by atoms with van der Waals surface area (Å²) in [5.41, 5.74) is 1.78.